The summed E-state index contributed by atoms with van der Waals surface area (Å²) in [5.41, 5.74) is 4.25. The van der Waals surface area contributed by atoms with Gasteiger partial charge in [-0.15, -0.1) is 0 Å². The van der Waals surface area contributed by atoms with E-state index in [1.165, 1.54) is 0 Å². The Kier molecular flexibility index (Phi) is 4.25. The third-order valence-electron chi connectivity index (χ3n) is 2.66. The topological polar surface area (TPSA) is 75.9 Å². The lowest BCUT2D eigenvalue weighted by Gasteiger charge is -2.11. The van der Waals surface area contributed by atoms with Gasteiger partial charge in [0.15, 0.2) is 11.6 Å². The van der Waals surface area contributed by atoms with E-state index >= 15 is 0 Å². The summed E-state index contributed by atoms with van der Waals surface area (Å²) in [5, 5.41) is 2.98. The van der Waals surface area contributed by atoms with E-state index in [2.05, 4.69) is 27.6 Å². The number of para-hydroxylation sites is 1. The minimum atomic E-state index is -0.523. The molecule has 6 heteroatoms. The van der Waals surface area contributed by atoms with E-state index in [-0.39, 0.29) is 11.8 Å². The minimum absolute atomic E-state index is 0.103. The van der Waals surface area contributed by atoms with Crippen LogP contribution in [0.25, 0.3) is 0 Å². The molecule has 1 aromatic carbocycles. The maximum Gasteiger partial charge on any atom is 0.239 e. The first-order valence-electron chi connectivity index (χ1n) is 6.08. The molecule has 1 aromatic heterocycles. The van der Waals surface area contributed by atoms with Crippen LogP contribution in [0.2, 0.25) is 0 Å². The van der Waals surface area contributed by atoms with Crippen molar-refractivity contribution >= 4 is 17.5 Å². The normalized spacial score (nSPS) is 10.3. The molecule has 0 fully saturated rings. The van der Waals surface area contributed by atoms with Crippen molar-refractivity contribution < 1.29 is 4.39 Å². The molecule has 0 radical (unpaired) electrons. The lowest BCUT2D eigenvalue weighted by molar-refractivity contribution is 0.619. The van der Waals surface area contributed by atoms with Gasteiger partial charge in [0, 0.05) is 5.69 Å². The van der Waals surface area contributed by atoms with Gasteiger partial charge in [0.2, 0.25) is 5.95 Å². The number of nitrogens with zero attached hydrogens (tertiary/aromatic N) is 2. The monoisotopic (exact) mass is 261 g/mol. The smallest absolute Gasteiger partial charge is 0.239 e. The fourth-order valence-corrected chi connectivity index (χ4v) is 1.78. The van der Waals surface area contributed by atoms with Crippen LogP contribution in [0.4, 0.5) is 21.8 Å². The molecule has 2 aromatic rings. The molecule has 0 bridgehead atoms. The van der Waals surface area contributed by atoms with E-state index in [9.17, 15) is 4.39 Å². The fraction of sp³-hybridized carbons (Fsp3) is 0.231. The van der Waals surface area contributed by atoms with Crippen molar-refractivity contribution in [3.63, 3.8) is 0 Å². The van der Waals surface area contributed by atoms with Crippen LogP contribution in [0.1, 0.15) is 18.9 Å². The molecule has 5 nitrogen and oxygen atoms in total. The number of halogens is 1. The molecule has 0 aliphatic carbocycles. The van der Waals surface area contributed by atoms with Crippen LogP contribution in [0.5, 0.6) is 0 Å². The number of aryl methyl sites for hydroxylation is 1. The van der Waals surface area contributed by atoms with Crippen molar-refractivity contribution in [2.45, 2.75) is 19.8 Å². The van der Waals surface area contributed by atoms with Gasteiger partial charge in [-0.1, -0.05) is 31.5 Å². The number of aromatic nitrogens is 2. The third kappa shape index (κ3) is 3.17. The van der Waals surface area contributed by atoms with Crippen molar-refractivity contribution in [3.05, 3.63) is 41.8 Å². The molecule has 0 saturated heterocycles. The molecule has 0 atom stereocenters. The summed E-state index contributed by atoms with van der Waals surface area (Å²) < 4.78 is 13.7. The number of hydrazine groups is 1. The summed E-state index contributed by atoms with van der Waals surface area (Å²) >= 11 is 0. The number of nitrogens with one attached hydrogen (secondary N) is 2. The van der Waals surface area contributed by atoms with E-state index in [0.717, 1.165) is 30.3 Å². The highest BCUT2D eigenvalue weighted by molar-refractivity contribution is 5.61. The number of hydrogen-bond acceptors (Lipinski definition) is 5. The predicted molar refractivity (Wildman–Crippen MR) is 73.5 cm³/mol. The molecule has 0 aliphatic rings. The first-order chi connectivity index (χ1) is 9.24. The summed E-state index contributed by atoms with van der Waals surface area (Å²) in [6.45, 7) is 2.10. The molecule has 19 heavy (non-hydrogen) atoms. The Morgan fingerprint density at radius 1 is 1.32 bits per heavy atom. The van der Waals surface area contributed by atoms with Gasteiger partial charge in [-0.3, -0.25) is 5.43 Å². The zero-order valence-electron chi connectivity index (χ0n) is 10.7. The highest BCUT2D eigenvalue weighted by Gasteiger charge is 2.08. The van der Waals surface area contributed by atoms with Crippen LogP contribution in [0.3, 0.4) is 0 Å². The standard InChI is InChI=1S/C13H16FN5/c1-2-5-9-6-3-4-7-11(9)17-12-10(14)8-16-13(18-12)19-15/h3-4,6-8H,2,5,15H2,1H3,(H2,16,17,18,19). The first kappa shape index (κ1) is 13.2. The molecule has 0 spiro atoms. The number of benzene rings is 1. The molecule has 0 saturated carbocycles. The van der Waals surface area contributed by atoms with E-state index < -0.39 is 5.82 Å². The van der Waals surface area contributed by atoms with Crippen LogP contribution in [0, 0.1) is 5.82 Å². The quantitative estimate of drug-likeness (QED) is 0.569. The second-order valence-electron chi connectivity index (χ2n) is 4.07. The number of anilines is 3. The Balaban J connectivity index is 2.30. The SMILES string of the molecule is CCCc1ccccc1Nc1nc(NN)ncc1F. The molecule has 100 valence electrons. The van der Waals surface area contributed by atoms with Gasteiger partial charge in [0.1, 0.15) is 0 Å². The lowest BCUT2D eigenvalue weighted by Crippen LogP contribution is -2.12. The van der Waals surface area contributed by atoms with Gasteiger partial charge >= 0.3 is 0 Å². The third-order valence-corrected chi connectivity index (χ3v) is 2.66. The largest absolute Gasteiger partial charge is 0.337 e. The van der Waals surface area contributed by atoms with Gasteiger partial charge in [-0.2, -0.15) is 4.98 Å². The van der Waals surface area contributed by atoms with Crippen molar-refractivity contribution in [2.75, 3.05) is 10.7 Å². The van der Waals surface area contributed by atoms with E-state index in [1.54, 1.807) is 0 Å². The average Bonchev–Trinajstić information content (AvgIpc) is 2.43. The van der Waals surface area contributed by atoms with Crippen LogP contribution in [0.15, 0.2) is 30.5 Å². The molecule has 0 aliphatic heterocycles. The maximum atomic E-state index is 13.7. The highest BCUT2D eigenvalue weighted by Crippen LogP contribution is 2.22. The summed E-state index contributed by atoms with van der Waals surface area (Å²) in [4.78, 5) is 7.65. The molecular weight excluding hydrogens is 245 g/mol. The average molecular weight is 261 g/mol. The van der Waals surface area contributed by atoms with Gasteiger partial charge < -0.3 is 5.32 Å². The number of rotatable bonds is 5. The molecule has 0 amide bonds. The van der Waals surface area contributed by atoms with Crippen molar-refractivity contribution in [3.8, 4) is 0 Å². The number of hydrogen-bond donors (Lipinski definition) is 3. The van der Waals surface area contributed by atoms with E-state index in [0.29, 0.717) is 0 Å². The Morgan fingerprint density at radius 3 is 2.84 bits per heavy atom. The van der Waals surface area contributed by atoms with E-state index in [1.807, 2.05) is 24.3 Å². The number of nitrogen functional groups attached to an aromatic ring is 1. The Hall–Kier alpha value is -2.21. The highest BCUT2D eigenvalue weighted by atomic mass is 19.1. The fourth-order valence-electron chi connectivity index (χ4n) is 1.78. The zero-order chi connectivity index (χ0) is 13.7. The van der Waals surface area contributed by atoms with Crippen LogP contribution in [-0.4, -0.2) is 9.97 Å². The minimum Gasteiger partial charge on any atom is -0.337 e. The van der Waals surface area contributed by atoms with Gasteiger partial charge in [-0.25, -0.2) is 15.2 Å². The van der Waals surface area contributed by atoms with Crippen LogP contribution >= 0.6 is 0 Å². The van der Waals surface area contributed by atoms with Gasteiger partial charge in [0.05, 0.1) is 6.20 Å². The second-order valence-corrected chi connectivity index (χ2v) is 4.07. The summed E-state index contributed by atoms with van der Waals surface area (Å²) in [5.74, 6) is 4.96. The Bertz CT molecular complexity index is 558. The Labute approximate surface area is 111 Å². The van der Waals surface area contributed by atoms with Gasteiger partial charge in [-0.05, 0) is 18.1 Å². The van der Waals surface area contributed by atoms with Gasteiger partial charge in [0.25, 0.3) is 0 Å². The summed E-state index contributed by atoms with van der Waals surface area (Å²) in [7, 11) is 0. The molecule has 4 N–H and O–H groups in total. The molecule has 2 rings (SSSR count). The van der Waals surface area contributed by atoms with E-state index in [4.69, 9.17) is 5.84 Å². The molecule has 1 heterocycles. The summed E-state index contributed by atoms with van der Waals surface area (Å²) in [6.07, 6.45) is 3.01. The number of nitrogens with two attached hydrogens (primary N) is 1. The second kappa shape index (κ2) is 6.10. The lowest BCUT2D eigenvalue weighted by atomic mass is 10.1. The molecular formula is C13H16FN5. The first-order valence-corrected chi connectivity index (χ1v) is 6.08. The zero-order valence-corrected chi connectivity index (χ0v) is 10.7. The maximum absolute atomic E-state index is 13.7. The Morgan fingerprint density at radius 2 is 2.11 bits per heavy atom. The van der Waals surface area contributed by atoms with Crippen molar-refractivity contribution in [2.24, 2.45) is 5.84 Å². The van der Waals surface area contributed by atoms with Crippen LogP contribution < -0.4 is 16.6 Å². The summed E-state index contributed by atoms with van der Waals surface area (Å²) in [6, 6.07) is 7.75. The molecule has 0 unspecified atom stereocenters. The van der Waals surface area contributed by atoms with Crippen molar-refractivity contribution in [1.82, 2.24) is 9.97 Å². The predicted octanol–water partition coefficient (Wildman–Crippen LogP) is 2.60. The van der Waals surface area contributed by atoms with Crippen LogP contribution in [-0.2, 0) is 6.42 Å². The van der Waals surface area contributed by atoms with Crippen molar-refractivity contribution in [1.29, 1.82) is 0 Å².